The van der Waals surface area contributed by atoms with Gasteiger partial charge >= 0.3 is 5.97 Å². The highest BCUT2D eigenvalue weighted by Gasteiger charge is 2.14. The maximum absolute atomic E-state index is 11.6. The third-order valence-corrected chi connectivity index (χ3v) is 3.08. The number of carbonyl (C=O) groups is 1. The van der Waals surface area contributed by atoms with E-state index in [9.17, 15) is 4.79 Å². The lowest BCUT2D eigenvalue weighted by Gasteiger charge is -1.99. The minimum absolute atomic E-state index is 0.296. The predicted octanol–water partition coefficient (Wildman–Crippen LogP) is 3.21. The van der Waals surface area contributed by atoms with Crippen molar-refractivity contribution in [3.63, 3.8) is 0 Å². The zero-order chi connectivity index (χ0) is 11.7. The van der Waals surface area contributed by atoms with Crippen LogP contribution in [0.2, 0.25) is 0 Å². The van der Waals surface area contributed by atoms with Crippen molar-refractivity contribution in [3.05, 3.63) is 34.4 Å². The van der Waals surface area contributed by atoms with Gasteiger partial charge in [0.1, 0.15) is 0 Å². The van der Waals surface area contributed by atoms with E-state index in [0.717, 1.165) is 21.9 Å². The molecule has 1 aromatic carbocycles. The smallest absolute Gasteiger partial charge is 0.340 e. The number of aromatic nitrogens is 1. The van der Waals surface area contributed by atoms with Gasteiger partial charge in [-0.1, -0.05) is 15.9 Å². The van der Waals surface area contributed by atoms with Gasteiger partial charge in [-0.25, -0.2) is 4.79 Å². The van der Waals surface area contributed by atoms with Gasteiger partial charge in [-0.05, 0) is 25.1 Å². The molecule has 1 aromatic heterocycles. The third-order valence-electron chi connectivity index (χ3n) is 2.59. The van der Waals surface area contributed by atoms with Gasteiger partial charge in [0, 0.05) is 28.1 Å². The van der Waals surface area contributed by atoms with Gasteiger partial charge in [0.2, 0.25) is 0 Å². The molecule has 0 radical (unpaired) electrons. The van der Waals surface area contributed by atoms with Crippen LogP contribution in [0, 0.1) is 0 Å². The number of hydrogen-bond donors (Lipinski definition) is 0. The fourth-order valence-corrected chi connectivity index (χ4v) is 2.16. The van der Waals surface area contributed by atoms with E-state index >= 15 is 0 Å². The molecule has 3 nitrogen and oxygen atoms in total. The molecule has 16 heavy (non-hydrogen) atoms. The molecule has 4 heteroatoms. The number of esters is 1. The van der Waals surface area contributed by atoms with Crippen molar-refractivity contribution in [2.75, 3.05) is 7.11 Å². The van der Waals surface area contributed by atoms with E-state index in [1.165, 1.54) is 7.11 Å². The van der Waals surface area contributed by atoms with E-state index < -0.39 is 0 Å². The van der Waals surface area contributed by atoms with Crippen molar-refractivity contribution in [1.29, 1.82) is 0 Å². The van der Waals surface area contributed by atoms with Gasteiger partial charge in [-0.15, -0.1) is 0 Å². The van der Waals surface area contributed by atoms with E-state index in [1.54, 1.807) is 0 Å². The summed E-state index contributed by atoms with van der Waals surface area (Å²) in [7, 11) is 1.40. The van der Waals surface area contributed by atoms with E-state index in [0.29, 0.717) is 5.56 Å². The topological polar surface area (TPSA) is 31.2 Å². The summed E-state index contributed by atoms with van der Waals surface area (Å²) in [6.07, 6.45) is 1.84. The fraction of sp³-hybridized carbons (Fsp3) is 0.250. The zero-order valence-electron chi connectivity index (χ0n) is 9.16. The van der Waals surface area contributed by atoms with E-state index in [4.69, 9.17) is 4.74 Å². The molecular weight excluding hydrogens is 270 g/mol. The van der Waals surface area contributed by atoms with Crippen LogP contribution >= 0.6 is 15.9 Å². The highest BCUT2D eigenvalue weighted by atomic mass is 79.9. The molecule has 0 atom stereocenters. The molecule has 2 rings (SSSR count). The SMILES string of the molecule is CCn1cc(C(=O)OC)c2cc(Br)ccc21. The number of benzene rings is 1. The largest absolute Gasteiger partial charge is 0.465 e. The quantitative estimate of drug-likeness (QED) is 0.792. The van der Waals surface area contributed by atoms with Crippen LogP contribution in [-0.4, -0.2) is 17.6 Å². The maximum atomic E-state index is 11.6. The molecule has 0 fully saturated rings. The minimum atomic E-state index is -0.296. The summed E-state index contributed by atoms with van der Waals surface area (Å²) in [6.45, 7) is 2.87. The molecule has 0 unspecified atom stereocenters. The normalized spacial score (nSPS) is 10.7. The Bertz CT molecular complexity index is 545. The standard InChI is InChI=1S/C12H12BrNO2/c1-3-14-7-10(12(15)16-2)9-6-8(13)4-5-11(9)14/h4-7H,3H2,1-2H3. The highest BCUT2D eigenvalue weighted by Crippen LogP contribution is 2.25. The second kappa shape index (κ2) is 4.29. The Morgan fingerprint density at radius 2 is 2.25 bits per heavy atom. The average Bonchev–Trinajstić information content (AvgIpc) is 2.66. The van der Waals surface area contributed by atoms with Crippen molar-refractivity contribution < 1.29 is 9.53 Å². The van der Waals surface area contributed by atoms with Crippen LogP contribution in [0.4, 0.5) is 0 Å². The molecule has 0 saturated carbocycles. The van der Waals surface area contributed by atoms with Crippen molar-refractivity contribution in [2.24, 2.45) is 0 Å². The Hall–Kier alpha value is -1.29. The van der Waals surface area contributed by atoms with Gasteiger partial charge in [-0.3, -0.25) is 0 Å². The summed E-state index contributed by atoms with van der Waals surface area (Å²) in [6, 6.07) is 5.90. The molecule has 84 valence electrons. The number of hydrogen-bond acceptors (Lipinski definition) is 2. The summed E-state index contributed by atoms with van der Waals surface area (Å²) in [5, 5.41) is 0.920. The van der Waals surface area contributed by atoms with Crippen molar-refractivity contribution in [1.82, 2.24) is 4.57 Å². The number of aryl methyl sites for hydroxylation is 1. The summed E-state index contributed by atoms with van der Waals surface area (Å²) in [4.78, 5) is 11.6. The average molecular weight is 282 g/mol. The number of methoxy groups -OCH3 is 1. The Morgan fingerprint density at radius 1 is 1.50 bits per heavy atom. The van der Waals surface area contributed by atoms with E-state index in [2.05, 4.69) is 15.9 Å². The molecule has 0 N–H and O–H groups in total. The fourth-order valence-electron chi connectivity index (χ4n) is 1.80. The molecule has 0 saturated heterocycles. The first kappa shape index (κ1) is 11.2. The zero-order valence-corrected chi connectivity index (χ0v) is 10.7. The monoisotopic (exact) mass is 281 g/mol. The predicted molar refractivity (Wildman–Crippen MR) is 66.7 cm³/mol. The Balaban J connectivity index is 2.73. The summed E-state index contributed by atoms with van der Waals surface area (Å²) in [5.41, 5.74) is 1.66. The van der Waals surface area contributed by atoms with Crippen LogP contribution in [0.5, 0.6) is 0 Å². The second-order valence-corrected chi connectivity index (χ2v) is 4.40. The van der Waals surface area contributed by atoms with Crippen LogP contribution in [0.1, 0.15) is 17.3 Å². The summed E-state index contributed by atoms with van der Waals surface area (Å²) < 4.78 is 7.77. The lowest BCUT2D eigenvalue weighted by molar-refractivity contribution is 0.0603. The Labute approximate surface area is 102 Å². The van der Waals surface area contributed by atoms with Crippen LogP contribution in [-0.2, 0) is 11.3 Å². The lowest BCUT2D eigenvalue weighted by atomic mass is 10.2. The molecule has 0 bridgehead atoms. The molecule has 0 aliphatic heterocycles. The van der Waals surface area contributed by atoms with Crippen LogP contribution in [0.15, 0.2) is 28.9 Å². The van der Waals surface area contributed by atoms with E-state index in [1.807, 2.05) is 35.9 Å². The van der Waals surface area contributed by atoms with Gasteiger partial charge < -0.3 is 9.30 Å². The summed E-state index contributed by atoms with van der Waals surface area (Å²) >= 11 is 3.41. The Kier molecular flexibility index (Phi) is 3.01. The summed E-state index contributed by atoms with van der Waals surface area (Å²) in [5.74, 6) is -0.296. The molecule has 0 aliphatic rings. The second-order valence-electron chi connectivity index (χ2n) is 3.48. The number of rotatable bonds is 2. The first-order valence-corrected chi connectivity index (χ1v) is 5.83. The van der Waals surface area contributed by atoms with Gasteiger partial charge in [0.15, 0.2) is 0 Å². The first-order chi connectivity index (χ1) is 7.67. The lowest BCUT2D eigenvalue weighted by Crippen LogP contribution is -2.00. The molecule has 2 aromatic rings. The van der Waals surface area contributed by atoms with Crippen molar-refractivity contribution >= 4 is 32.8 Å². The molecule has 0 aliphatic carbocycles. The number of carbonyl (C=O) groups excluding carboxylic acids is 1. The van der Waals surface area contributed by atoms with Crippen molar-refractivity contribution in [2.45, 2.75) is 13.5 Å². The maximum Gasteiger partial charge on any atom is 0.340 e. The molecular formula is C12H12BrNO2. The van der Waals surface area contributed by atoms with Crippen LogP contribution in [0.25, 0.3) is 10.9 Å². The molecule has 0 spiro atoms. The van der Waals surface area contributed by atoms with E-state index in [-0.39, 0.29) is 5.97 Å². The molecule has 1 heterocycles. The van der Waals surface area contributed by atoms with Crippen LogP contribution < -0.4 is 0 Å². The Morgan fingerprint density at radius 3 is 2.88 bits per heavy atom. The number of ether oxygens (including phenoxy) is 1. The van der Waals surface area contributed by atoms with Crippen LogP contribution in [0.3, 0.4) is 0 Å². The molecule has 0 amide bonds. The third kappa shape index (κ3) is 1.73. The van der Waals surface area contributed by atoms with Gasteiger partial charge in [-0.2, -0.15) is 0 Å². The number of fused-ring (bicyclic) bond motifs is 1. The minimum Gasteiger partial charge on any atom is -0.465 e. The van der Waals surface area contributed by atoms with Gasteiger partial charge in [0.25, 0.3) is 0 Å². The van der Waals surface area contributed by atoms with Crippen molar-refractivity contribution in [3.8, 4) is 0 Å². The number of halogens is 1. The van der Waals surface area contributed by atoms with Gasteiger partial charge in [0.05, 0.1) is 12.7 Å². The number of nitrogens with zero attached hydrogens (tertiary/aromatic N) is 1. The first-order valence-electron chi connectivity index (χ1n) is 5.04. The highest BCUT2D eigenvalue weighted by molar-refractivity contribution is 9.10.